The molecule has 10 nitrogen and oxygen atoms in total. The van der Waals surface area contributed by atoms with Crippen LogP contribution in [0.2, 0.25) is 10.0 Å². The monoisotopic (exact) mass is 668 g/mol. The fourth-order valence-electron chi connectivity index (χ4n) is 6.07. The summed E-state index contributed by atoms with van der Waals surface area (Å²) in [6, 6.07) is 6.16. The first-order valence-corrected chi connectivity index (χ1v) is 15.9. The van der Waals surface area contributed by atoms with Crippen LogP contribution in [-0.4, -0.2) is 63.2 Å². The highest BCUT2D eigenvalue weighted by molar-refractivity contribution is 7.89. The van der Waals surface area contributed by atoms with Gasteiger partial charge in [-0.05, 0) is 66.1 Å². The van der Waals surface area contributed by atoms with Gasteiger partial charge >= 0.3 is 12.1 Å². The van der Waals surface area contributed by atoms with E-state index in [1.165, 1.54) is 30.6 Å². The first-order chi connectivity index (χ1) is 20.8. The molecule has 0 saturated heterocycles. The smallest absolute Gasteiger partial charge is 0.330 e. The summed E-state index contributed by atoms with van der Waals surface area (Å²) in [6.45, 7) is -0.113. The summed E-state index contributed by atoms with van der Waals surface area (Å²) < 4.78 is 68.6. The molecule has 2 aliphatic heterocycles. The number of sulfonamides is 1. The quantitative estimate of drug-likeness (QED) is 0.436. The Labute approximate surface area is 260 Å². The van der Waals surface area contributed by atoms with Crippen molar-refractivity contribution in [1.29, 1.82) is 0 Å². The lowest BCUT2D eigenvalue weighted by atomic mass is 9.81. The molecule has 0 radical (unpaired) electrons. The summed E-state index contributed by atoms with van der Waals surface area (Å²) in [7, 11) is -4.18. The van der Waals surface area contributed by atoms with Gasteiger partial charge in [0.05, 0.1) is 26.7 Å². The van der Waals surface area contributed by atoms with E-state index in [2.05, 4.69) is 15.6 Å². The summed E-state index contributed by atoms with van der Waals surface area (Å²) in [5, 5.41) is 11.3. The molecule has 0 spiro atoms. The van der Waals surface area contributed by atoms with Crippen molar-refractivity contribution in [2.45, 2.75) is 61.8 Å². The molecule has 2 amide bonds. The van der Waals surface area contributed by atoms with E-state index < -0.39 is 34.1 Å². The number of aromatic nitrogens is 3. The topological polar surface area (TPSA) is 118 Å². The highest BCUT2D eigenvalue weighted by Gasteiger charge is 2.43. The minimum atomic E-state index is -4.92. The van der Waals surface area contributed by atoms with Crippen LogP contribution in [0.15, 0.2) is 53.8 Å². The first-order valence-electron chi connectivity index (χ1n) is 13.7. The van der Waals surface area contributed by atoms with E-state index in [1.54, 1.807) is 16.9 Å². The molecule has 44 heavy (non-hydrogen) atoms. The van der Waals surface area contributed by atoms with Crippen molar-refractivity contribution in [1.82, 2.24) is 29.5 Å². The molecule has 3 heterocycles. The summed E-state index contributed by atoms with van der Waals surface area (Å²) in [4.78, 5) is 25.4. The second-order valence-electron chi connectivity index (χ2n) is 10.8. The minimum Gasteiger partial charge on any atom is -0.330 e. The van der Waals surface area contributed by atoms with Gasteiger partial charge in [-0.15, -0.1) is 5.10 Å². The highest BCUT2D eigenvalue weighted by atomic mass is 35.5. The number of carbonyl (C=O) groups is 2. The average Bonchev–Trinajstić information content (AvgIpc) is 3.46. The number of hydrogen-bond donors (Lipinski definition) is 1. The van der Waals surface area contributed by atoms with Crippen LogP contribution >= 0.6 is 23.2 Å². The van der Waals surface area contributed by atoms with Crippen LogP contribution in [0.25, 0.3) is 0 Å². The predicted molar refractivity (Wildman–Crippen MR) is 153 cm³/mol. The van der Waals surface area contributed by atoms with Crippen molar-refractivity contribution in [3.63, 3.8) is 0 Å². The van der Waals surface area contributed by atoms with E-state index >= 15 is 0 Å². The standard InChI is InChI=1S/C28H25Cl2F3N6O4S/c29-22-7-5-18(13-23(22)30)44(42,43)39-11-9-34-26(40)25(39)12-17-15-38(36-35-17)24-3-1-2-20-19-8-10-37(27(41)28(31,32)33)14-16(19)4-6-21(20)24/h4-7,9,11,13,15,24-25H,1-3,8,10,12,14H2,(H,34,40)/t24-,25-/m1/s1. The average molecular weight is 670 g/mol. The number of nitrogens with zero attached hydrogens (tertiary/aromatic N) is 5. The predicted octanol–water partition coefficient (Wildman–Crippen LogP) is 4.16. The normalized spacial score (nSPS) is 20.2. The largest absolute Gasteiger partial charge is 0.471 e. The zero-order valence-electron chi connectivity index (χ0n) is 22.9. The number of amides is 2. The van der Waals surface area contributed by atoms with Crippen LogP contribution in [0, 0.1) is 0 Å². The van der Waals surface area contributed by atoms with Crippen LogP contribution in [-0.2, 0) is 45.4 Å². The van der Waals surface area contributed by atoms with E-state index in [9.17, 15) is 31.2 Å². The van der Waals surface area contributed by atoms with E-state index in [0.717, 1.165) is 45.2 Å². The number of alkyl halides is 3. The lowest BCUT2D eigenvalue weighted by Crippen LogP contribution is -2.50. The van der Waals surface area contributed by atoms with Gasteiger partial charge in [-0.1, -0.05) is 40.5 Å². The lowest BCUT2D eigenvalue weighted by molar-refractivity contribution is -0.186. The number of benzene rings is 2. The molecule has 3 aliphatic rings. The highest BCUT2D eigenvalue weighted by Crippen LogP contribution is 2.38. The van der Waals surface area contributed by atoms with E-state index in [1.807, 2.05) is 6.07 Å². The molecule has 1 aliphatic carbocycles. The van der Waals surface area contributed by atoms with Gasteiger partial charge in [0, 0.05) is 38.1 Å². The second kappa shape index (κ2) is 11.4. The van der Waals surface area contributed by atoms with Crippen molar-refractivity contribution in [3.8, 4) is 0 Å². The molecule has 232 valence electrons. The van der Waals surface area contributed by atoms with Crippen LogP contribution in [0.3, 0.4) is 0 Å². The third-order valence-corrected chi connectivity index (χ3v) is 10.7. The molecule has 1 aromatic heterocycles. The fraction of sp³-hybridized carbons (Fsp3) is 0.357. The van der Waals surface area contributed by atoms with Crippen molar-refractivity contribution >= 4 is 45.0 Å². The number of carbonyl (C=O) groups excluding carboxylic acids is 2. The van der Waals surface area contributed by atoms with E-state index in [4.69, 9.17) is 23.2 Å². The molecule has 0 fully saturated rings. The Kier molecular flexibility index (Phi) is 7.87. The molecule has 2 aromatic carbocycles. The Morgan fingerprint density at radius 3 is 2.64 bits per heavy atom. The molecule has 3 aromatic rings. The van der Waals surface area contributed by atoms with Gasteiger partial charge in [0.25, 0.3) is 10.0 Å². The van der Waals surface area contributed by atoms with Crippen molar-refractivity contribution < 1.29 is 31.2 Å². The van der Waals surface area contributed by atoms with Crippen LogP contribution in [0.5, 0.6) is 0 Å². The summed E-state index contributed by atoms with van der Waals surface area (Å²) in [5.41, 5.74) is 4.08. The van der Waals surface area contributed by atoms with Gasteiger partial charge in [-0.2, -0.15) is 13.2 Å². The Hall–Kier alpha value is -3.62. The van der Waals surface area contributed by atoms with E-state index in [0.29, 0.717) is 17.7 Å². The zero-order chi connectivity index (χ0) is 31.4. The zero-order valence-corrected chi connectivity index (χ0v) is 25.2. The molecule has 1 N–H and O–H groups in total. The number of halogens is 5. The Morgan fingerprint density at radius 1 is 1.09 bits per heavy atom. The van der Waals surface area contributed by atoms with Crippen LogP contribution < -0.4 is 5.32 Å². The maximum atomic E-state index is 13.5. The van der Waals surface area contributed by atoms with Crippen molar-refractivity contribution in [2.75, 3.05) is 6.54 Å². The molecular weight excluding hydrogens is 644 g/mol. The van der Waals surface area contributed by atoms with Gasteiger partial charge in [-0.3, -0.25) is 13.9 Å². The molecule has 0 saturated carbocycles. The third kappa shape index (κ3) is 5.54. The van der Waals surface area contributed by atoms with Crippen LogP contribution in [0.4, 0.5) is 13.2 Å². The van der Waals surface area contributed by atoms with Crippen molar-refractivity contribution in [2.24, 2.45) is 0 Å². The van der Waals surface area contributed by atoms with Gasteiger partial charge in [0.15, 0.2) is 0 Å². The molecule has 16 heteroatoms. The summed E-state index contributed by atoms with van der Waals surface area (Å²) in [6.07, 6.45) is 1.81. The number of hydrogen-bond acceptors (Lipinski definition) is 6. The SMILES string of the molecule is O=C1NC=CN(S(=O)(=O)c2ccc(Cl)c(Cl)c2)[C@@H]1Cc1cn([C@@H]2CCCc3c2ccc2c3CCN(C(=O)C(F)(F)F)C2)nn1. The lowest BCUT2D eigenvalue weighted by Gasteiger charge is -2.34. The fourth-order valence-corrected chi connectivity index (χ4v) is 7.91. The molecule has 6 rings (SSSR count). The third-order valence-electron chi connectivity index (χ3n) is 8.15. The number of nitrogens with one attached hydrogen (secondary N) is 1. The van der Waals surface area contributed by atoms with Gasteiger partial charge in [-0.25, -0.2) is 13.1 Å². The summed E-state index contributed by atoms with van der Waals surface area (Å²) >= 11 is 12.0. The maximum absolute atomic E-state index is 13.5. The van der Waals surface area contributed by atoms with Gasteiger partial charge in [0.1, 0.15) is 6.04 Å². The van der Waals surface area contributed by atoms with Crippen LogP contribution in [0.1, 0.15) is 46.8 Å². The number of fused-ring (bicyclic) bond motifs is 3. The van der Waals surface area contributed by atoms with Gasteiger partial charge in [0.2, 0.25) is 5.91 Å². The second-order valence-corrected chi connectivity index (χ2v) is 13.5. The Bertz CT molecular complexity index is 1800. The molecular formula is C28H25Cl2F3N6O4S. The molecule has 0 bridgehead atoms. The van der Waals surface area contributed by atoms with E-state index in [-0.39, 0.29) is 40.5 Å². The maximum Gasteiger partial charge on any atom is 0.471 e. The Balaban J connectivity index is 1.24. The molecule has 0 unspecified atom stereocenters. The van der Waals surface area contributed by atoms with Gasteiger partial charge < -0.3 is 10.2 Å². The number of rotatable bonds is 5. The Morgan fingerprint density at radius 2 is 1.89 bits per heavy atom. The molecule has 2 atom stereocenters. The summed E-state index contributed by atoms with van der Waals surface area (Å²) in [5.74, 6) is -2.38. The van der Waals surface area contributed by atoms with Crippen molar-refractivity contribution in [3.05, 3.63) is 86.9 Å². The minimum absolute atomic E-state index is 0.0144. The first kappa shape index (κ1) is 30.4.